The number of nitrogens with zero attached hydrogens (tertiary/aromatic N) is 1. The average molecular weight is 221 g/mol. The minimum absolute atomic E-state index is 0.165. The van der Waals surface area contributed by atoms with Crippen molar-refractivity contribution in [3.63, 3.8) is 0 Å². The molecule has 1 aromatic heterocycles. The number of hydrogen-bond donors (Lipinski definition) is 0. The zero-order valence-electron chi connectivity index (χ0n) is 9.47. The van der Waals surface area contributed by atoms with Crippen molar-refractivity contribution in [3.05, 3.63) is 23.9 Å². The van der Waals surface area contributed by atoms with Gasteiger partial charge in [-0.2, -0.15) is 0 Å². The summed E-state index contributed by atoms with van der Waals surface area (Å²) in [5, 5.41) is 0. The minimum atomic E-state index is -0.171. The third-order valence-electron chi connectivity index (χ3n) is 2.88. The summed E-state index contributed by atoms with van der Waals surface area (Å²) in [5.41, 5.74) is 0.932. The van der Waals surface area contributed by atoms with E-state index in [9.17, 15) is 4.79 Å². The van der Waals surface area contributed by atoms with Crippen LogP contribution in [0.25, 0.3) is 0 Å². The first-order chi connectivity index (χ1) is 7.76. The van der Waals surface area contributed by atoms with Crippen LogP contribution in [0.2, 0.25) is 0 Å². The Morgan fingerprint density at radius 2 is 2.25 bits per heavy atom. The second-order valence-corrected chi connectivity index (χ2v) is 3.97. The maximum absolute atomic E-state index is 11.7. The molecule has 16 heavy (non-hydrogen) atoms. The van der Waals surface area contributed by atoms with E-state index in [1.165, 1.54) is 7.11 Å². The second kappa shape index (κ2) is 4.51. The number of carbonyl (C=O) groups excluding carboxylic acids is 1. The first-order valence-corrected chi connectivity index (χ1v) is 5.34. The van der Waals surface area contributed by atoms with Gasteiger partial charge in [0.2, 0.25) is 5.88 Å². The zero-order valence-corrected chi connectivity index (χ0v) is 9.47. The lowest BCUT2D eigenvalue weighted by atomic mass is 9.95. The molecule has 1 heterocycles. The van der Waals surface area contributed by atoms with E-state index in [0.717, 1.165) is 18.4 Å². The summed E-state index contributed by atoms with van der Waals surface area (Å²) in [4.78, 5) is 15.7. The molecule has 1 aliphatic rings. The van der Waals surface area contributed by atoms with Crippen LogP contribution >= 0.6 is 0 Å². The second-order valence-electron chi connectivity index (χ2n) is 3.97. The number of esters is 1. The molecule has 0 bridgehead atoms. The van der Waals surface area contributed by atoms with Crippen molar-refractivity contribution in [2.24, 2.45) is 5.92 Å². The molecule has 0 radical (unpaired) electrons. The number of aromatic nitrogens is 1. The van der Waals surface area contributed by atoms with Gasteiger partial charge in [0.15, 0.2) is 0 Å². The van der Waals surface area contributed by atoms with Crippen LogP contribution in [0.1, 0.15) is 24.3 Å². The highest BCUT2D eigenvalue weighted by atomic mass is 16.5. The quantitative estimate of drug-likeness (QED) is 0.727. The standard InChI is InChI=1S/C12H15NO3/c1-15-10-7-9(5-6-13-10)11(8-3-4-8)12(14)16-2/h5-8,11H,3-4H2,1-2H3. The Morgan fingerprint density at radius 3 is 2.81 bits per heavy atom. The van der Waals surface area contributed by atoms with E-state index >= 15 is 0 Å². The number of pyridine rings is 1. The summed E-state index contributed by atoms with van der Waals surface area (Å²) in [6.45, 7) is 0. The Kier molecular flexibility index (Phi) is 3.08. The number of hydrogen-bond acceptors (Lipinski definition) is 4. The van der Waals surface area contributed by atoms with Crippen molar-refractivity contribution in [2.75, 3.05) is 14.2 Å². The molecule has 1 aromatic rings. The van der Waals surface area contributed by atoms with Gasteiger partial charge in [-0.3, -0.25) is 4.79 Å². The van der Waals surface area contributed by atoms with Crippen LogP contribution in [-0.2, 0) is 9.53 Å². The predicted octanol–water partition coefficient (Wildman–Crippen LogP) is 1.76. The Bertz CT molecular complexity index is 388. The number of methoxy groups -OCH3 is 2. The number of ether oxygens (including phenoxy) is 2. The Balaban J connectivity index is 2.27. The summed E-state index contributed by atoms with van der Waals surface area (Å²) in [6.07, 6.45) is 3.83. The van der Waals surface area contributed by atoms with Gasteiger partial charge in [0.05, 0.1) is 20.1 Å². The highest BCUT2D eigenvalue weighted by Crippen LogP contribution is 2.43. The van der Waals surface area contributed by atoms with Crippen molar-refractivity contribution in [1.29, 1.82) is 0 Å². The molecule has 1 aliphatic carbocycles. The van der Waals surface area contributed by atoms with Crippen LogP contribution in [0.5, 0.6) is 5.88 Å². The molecule has 4 heteroatoms. The first kappa shape index (κ1) is 10.9. The monoisotopic (exact) mass is 221 g/mol. The van der Waals surface area contributed by atoms with Crippen LogP contribution in [-0.4, -0.2) is 25.2 Å². The van der Waals surface area contributed by atoms with Gasteiger partial charge >= 0.3 is 5.97 Å². The first-order valence-electron chi connectivity index (χ1n) is 5.34. The van der Waals surface area contributed by atoms with Gasteiger partial charge in [0.1, 0.15) is 0 Å². The normalized spacial score (nSPS) is 16.6. The molecule has 0 spiro atoms. The van der Waals surface area contributed by atoms with Gasteiger partial charge in [-0.25, -0.2) is 4.98 Å². The molecule has 2 rings (SSSR count). The third kappa shape index (κ3) is 2.15. The largest absolute Gasteiger partial charge is 0.481 e. The fourth-order valence-electron chi connectivity index (χ4n) is 1.89. The molecule has 0 aliphatic heterocycles. The van der Waals surface area contributed by atoms with Crippen LogP contribution in [0, 0.1) is 5.92 Å². The Labute approximate surface area is 94.6 Å². The molecule has 1 atom stereocenters. The van der Waals surface area contributed by atoms with Gasteiger partial charge < -0.3 is 9.47 Å². The van der Waals surface area contributed by atoms with Gasteiger partial charge in [-0.05, 0) is 30.4 Å². The molecule has 1 fully saturated rings. The van der Waals surface area contributed by atoms with Crippen LogP contribution in [0.15, 0.2) is 18.3 Å². The lowest BCUT2D eigenvalue weighted by Crippen LogP contribution is -2.16. The minimum Gasteiger partial charge on any atom is -0.481 e. The summed E-state index contributed by atoms with van der Waals surface area (Å²) in [7, 11) is 2.99. The van der Waals surface area contributed by atoms with Crippen LogP contribution in [0.3, 0.4) is 0 Å². The molecule has 0 aromatic carbocycles. The molecule has 1 unspecified atom stereocenters. The fourth-order valence-corrected chi connectivity index (χ4v) is 1.89. The average Bonchev–Trinajstić information content (AvgIpc) is 3.14. The van der Waals surface area contributed by atoms with E-state index in [0.29, 0.717) is 11.8 Å². The molecule has 0 amide bonds. The Morgan fingerprint density at radius 1 is 1.50 bits per heavy atom. The van der Waals surface area contributed by atoms with Crippen molar-refractivity contribution in [2.45, 2.75) is 18.8 Å². The van der Waals surface area contributed by atoms with Gasteiger partial charge in [-0.1, -0.05) is 0 Å². The molecular weight excluding hydrogens is 206 g/mol. The molecule has 86 valence electrons. The van der Waals surface area contributed by atoms with Crippen molar-refractivity contribution < 1.29 is 14.3 Å². The SMILES string of the molecule is COC(=O)C(c1ccnc(OC)c1)C1CC1. The van der Waals surface area contributed by atoms with Crippen molar-refractivity contribution >= 4 is 5.97 Å². The number of rotatable bonds is 4. The molecule has 4 nitrogen and oxygen atoms in total. The maximum atomic E-state index is 11.7. The van der Waals surface area contributed by atoms with Crippen molar-refractivity contribution in [3.8, 4) is 5.88 Å². The summed E-state index contributed by atoms with van der Waals surface area (Å²) in [5.74, 6) is 0.615. The third-order valence-corrected chi connectivity index (χ3v) is 2.88. The fraction of sp³-hybridized carbons (Fsp3) is 0.500. The Hall–Kier alpha value is -1.58. The van der Waals surface area contributed by atoms with Crippen molar-refractivity contribution in [1.82, 2.24) is 4.98 Å². The summed E-state index contributed by atoms with van der Waals surface area (Å²) in [6, 6.07) is 3.66. The lowest BCUT2D eigenvalue weighted by Gasteiger charge is -2.14. The molecular formula is C12H15NO3. The van der Waals surface area contributed by atoms with E-state index in [-0.39, 0.29) is 11.9 Å². The topological polar surface area (TPSA) is 48.4 Å². The van der Waals surface area contributed by atoms with E-state index < -0.39 is 0 Å². The predicted molar refractivity (Wildman–Crippen MR) is 58.3 cm³/mol. The zero-order chi connectivity index (χ0) is 11.5. The summed E-state index contributed by atoms with van der Waals surface area (Å²) < 4.78 is 9.90. The highest BCUT2D eigenvalue weighted by molar-refractivity contribution is 5.79. The smallest absolute Gasteiger partial charge is 0.313 e. The number of carbonyl (C=O) groups is 1. The van der Waals surface area contributed by atoms with Crippen LogP contribution < -0.4 is 4.74 Å². The molecule has 1 saturated carbocycles. The maximum Gasteiger partial charge on any atom is 0.313 e. The van der Waals surface area contributed by atoms with Gasteiger partial charge in [0, 0.05) is 12.3 Å². The molecule has 0 saturated heterocycles. The van der Waals surface area contributed by atoms with Crippen LogP contribution in [0.4, 0.5) is 0 Å². The van der Waals surface area contributed by atoms with E-state index in [1.54, 1.807) is 19.4 Å². The van der Waals surface area contributed by atoms with E-state index in [1.807, 2.05) is 6.07 Å². The lowest BCUT2D eigenvalue weighted by molar-refractivity contribution is -0.143. The van der Waals surface area contributed by atoms with Gasteiger partial charge in [-0.15, -0.1) is 0 Å². The molecule has 0 N–H and O–H groups in total. The van der Waals surface area contributed by atoms with Gasteiger partial charge in [0.25, 0.3) is 0 Å². The summed E-state index contributed by atoms with van der Waals surface area (Å²) >= 11 is 0. The highest BCUT2D eigenvalue weighted by Gasteiger charge is 2.38. The van der Waals surface area contributed by atoms with E-state index in [2.05, 4.69) is 4.98 Å². The van der Waals surface area contributed by atoms with E-state index in [4.69, 9.17) is 9.47 Å².